The number of nitrogens with two attached hydrogens (primary N) is 2. The Morgan fingerprint density at radius 2 is 1.22 bits per heavy atom. The van der Waals surface area contributed by atoms with E-state index in [1.54, 1.807) is 0 Å². The van der Waals surface area contributed by atoms with E-state index in [1.807, 2.05) is 0 Å². The van der Waals surface area contributed by atoms with E-state index in [0.717, 1.165) is 0 Å². The van der Waals surface area contributed by atoms with Crippen LogP contribution in [0.1, 0.15) is 5.56 Å². The van der Waals surface area contributed by atoms with Crippen LogP contribution >= 0.6 is 0 Å². The monoisotopic (exact) mass is 276 g/mol. The summed E-state index contributed by atoms with van der Waals surface area (Å²) in [6.07, 6.45) is -12.4. The molecule has 0 radical (unpaired) electrons. The van der Waals surface area contributed by atoms with Crippen LogP contribution < -0.4 is 11.5 Å². The summed E-state index contributed by atoms with van der Waals surface area (Å²) in [6, 6.07) is 1.60. The standard InChI is InChI=1S/C9H7F7N2/c10-7(8(11,12)13,9(14,15)16)5-2-1-4(17)3-6(5)18/h1-3H,17-18H2. The van der Waals surface area contributed by atoms with Gasteiger partial charge in [0.05, 0.1) is 0 Å². The van der Waals surface area contributed by atoms with Crippen LogP contribution in [0.4, 0.5) is 42.1 Å². The summed E-state index contributed by atoms with van der Waals surface area (Å²) >= 11 is 0. The number of alkyl halides is 7. The van der Waals surface area contributed by atoms with Gasteiger partial charge in [-0.25, -0.2) is 4.39 Å². The lowest BCUT2D eigenvalue weighted by Crippen LogP contribution is -2.50. The molecular formula is C9H7F7N2. The lowest BCUT2D eigenvalue weighted by Gasteiger charge is -2.31. The van der Waals surface area contributed by atoms with Crippen molar-refractivity contribution in [2.24, 2.45) is 0 Å². The van der Waals surface area contributed by atoms with Gasteiger partial charge in [-0.2, -0.15) is 26.3 Å². The molecule has 1 rings (SSSR count). The van der Waals surface area contributed by atoms with E-state index in [1.165, 1.54) is 0 Å². The van der Waals surface area contributed by atoms with Gasteiger partial charge >= 0.3 is 18.0 Å². The largest absolute Gasteiger partial charge is 0.436 e. The van der Waals surface area contributed by atoms with Crippen molar-refractivity contribution in [3.63, 3.8) is 0 Å². The Hall–Kier alpha value is -1.67. The molecule has 0 aliphatic carbocycles. The van der Waals surface area contributed by atoms with Crippen molar-refractivity contribution in [2.75, 3.05) is 11.5 Å². The van der Waals surface area contributed by atoms with Crippen LogP contribution in [0.5, 0.6) is 0 Å². The zero-order valence-electron chi connectivity index (χ0n) is 8.53. The molecule has 102 valence electrons. The van der Waals surface area contributed by atoms with E-state index in [9.17, 15) is 30.7 Å². The minimum Gasteiger partial charge on any atom is -0.399 e. The van der Waals surface area contributed by atoms with Crippen molar-refractivity contribution in [1.82, 2.24) is 0 Å². The third kappa shape index (κ3) is 2.04. The van der Waals surface area contributed by atoms with Crippen molar-refractivity contribution in [3.05, 3.63) is 23.8 Å². The Labute approximate surface area is 96.4 Å². The molecule has 0 atom stereocenters. The van der Waals surface area contributed by atoms with Crippen LogP contribution in [0, 0.1) is 0 Å². The van der Waals surface area contributed by atoms with Crippen LogP contribution in [-0.2, 0) is 5.67 Å². The summed E-state index contributed by atoms with van der Waals surface area (Å²) in [4.78, 5) is 0. The molecule has 0 saturated heterocycles. The number of benzene rings is 1. The van der Waals surface area contributed by atoms with Gasteiger partial charge in [-0.1, -0.05) is 6.07 Å². The third-order valence-corrected chi connectivity index (χ3v) is 2.23. The molecule has 0 bridgehead atoms. The van der Waals surface area contributed by atoms with Gasteiger partial charge in [0.25, 0.3) is 0 Å². The first-order valence-electron chi connectivity index (χ1n) is 4.39. The smallest absolute Gasteiger partial charge is 0.399 e. The van der Waals surface area contributed by atoms with Gasteiger partial charge in [0.1, 0.15) is 0 Å². The van der Waals surface area contributed by atoms with Gasteiger partial charge in [0.2, 0.25) is 0 Å². The molecule has 0 amide bonds. The predicted molar refractivity (Wildman–Crippen MR) is 50.2 cm³/mol. The van der Waals surface area contributed by atoms with E-state index < -0.39 is 29.3 Å². The molecule has 0 saturated carbocycles. The van der Waals surface area contributed by atoms with Gasteiger partial charge in [-0.05, 0) is 12.1 Å². The first kappa shape index (κ1) is 14.4. The zero-order valence-corrected chi connectivity index (χ0v) is 8.53. The Kier molecular flexibility index (Phi) is 3.14. The highest BCUT2D eigenvalue weighted by Crippen LogP contribution is 2.54. The summed E-state index contributed by atoms with van der Waals surface area (Å²) in [5.41, 5.74) is 1.65. The van der Waals surface area contributed by atoms with Gasteiger partial charge in [0, 0.05) is 16.9 Å². The normalized spacial score (nSPS) is 13.7. The van der Waals surface area contributed by atoms with E-state index in [-0.39, 0.29) is 11.8 Å². The maximum Gasteiger partial charge on any atom is 0.436 e. The highest BCUT2D eigenvalue weighted by molar-refractivity contribution is 5.59. The SMILES string of the molecule is Nc1ccc(C(F)(C(F)(F)F)C(F)(F)F)c(N)c1. The topological polar surface area (TPSA) is 52.0 Å². The Balaban J connectivity index is 3.56. The minimum absolute atomic E-state index is 0.178. The second-order valence-corrected chi connectivity index (χ2v) is 3.50. The molecule has 0 aliphatic rings. The quantitative estimate of drug-likeness (QED) is 0.611. The second kappa shape index (κ2) is 3.92. The fraction of sp³-hybridized carbons (Fsp3) is 0.333. The summed E-state index contributed by atoms with van der Waals surface area (Å²) in [5.74, 6) is 0. The molecule has 0 aliphatic heterocycles. The first-order valence-corrected chi connectivity index (χ1v) is 4.39. The number of hydrogen-bond acceptors (Lipinski definition) is 2. The minimum atomic E-state index is -6.19. The molecular weight excluding hydrogens is 269 g/mol. The molecule has 0 fully saturated rings. The van der Waals surface area contributed by atoms with Crippen molar-refractivity contribution >= 4 is 11.4 Å². The van der Waals surface area contributed by atoms with Crippen LogP contribution in [-0.4, -0.2) is 12.4 Å². The maximum absolute atomic E-state index is 13.6. The Bertz CT molecular complexity index is 435. The van der Waals surface area contributed by atoms with E-state index in [4.69, 9.17) is 11.5 Å². The molecule has 4 N–H and O–H groups in total. The second-order valence-electron chi connectivity index (χ2n) is 3.50. The molecule has 0 spiro atoms. The number of halogens is 7. The zero-order chi connectivity index (χ0) is 14.4. The molecule has 1 aromatic rings. The molecule has 1 aromatic carbocycles. The van der Waals surface area contributed by atoms with Crippen LogP contribution in [0.2, 0.25) is 0 Å². The number of anilines is 2. The average Bonchev–Trinajstić information content (AvgIpc) is 2.12. The molecule has 18 heavy (non-hydrogen) atoms. The highest BCUT2D eigenvalue weighted by Gasteiger charge is 2.74. The summed E-state index contributed by atoms with van der Waals surface area (Å²) in [7, 11) is 0. The van der Waals surface area contributed by atoms with Crippen molar-refractivity contribution in [3.8, 4) is 0 Å². The average molecular weight is 276 g/mol. The number of hydrogen-bond donors (Lipinski definition) is 2. The summed E-state index contributed by atoms with van der Waals surface area (Å²) < 4.78 is 87.9. The van der Waals surface area contributed by atoms with Gasteiger partial charge < -0.3 is 11.5 Å². The molecule has 9 heteroatoms. The van der Waals surface area contributed by atoms with Crippen molar-refractivity contribution in [2.45, 2.75) is 18.0 Å². The summed E-state index contributed by atoms with van der Waals surface area (Å²) in [6.45, 7) is 0. The molecule has 0 aromatic heterocycles. The van der Waals surface area contributed by atoms with Gasteiger partial charge in [-0.15, -0.1) is 0 Å². The fourth-order valence-electron chi connectivity index (χ4n) is 1.36. The molecule has 2 nitrogen and oxygen atoms in total. The third-order valence-electron chi connectivity index (χ3n) is 2.23. The van der Waals surface area contributed by atoms with Crippen LogP contribution in [0.15, 0.2) is 18.2 Å². The van der Waals surface area contributed by atoms with Crippen LogP contribution in [0.25, 0.3) is 0 Å². The maximum atomic E-state index is 13.6. The van der Waals surface area contributed by atoms with Gasteiger partial charge in [-0.3, -0.25) is 0 Å². The number of rotatable bonds is 1. The Morgan fingerprint density at radius 3 is 1.56 bits per heavy atom. The molecule has 0 heterocycles. The van der Waals surface area contributed by atoms with Crippen molar-refractivity contribution < 1.29 is 30.7 Å². The highest BCUT2D eigenvalue weighted by atomic mass is 19.4. The number of nitrogen functional groups attached to an aromatic ring is 2. The van der Waals surface area contributed by atoms with Crippen molar-refractivity contribution in [1.29, 1.82) is 0 Å². The van der Waals surface area contributed by atoms with E-state index in [0.29, 0.717) is 12.1 Å². The van der Waals surface area contributed by atoms with Gasteiger partial charge in [0.15, 0.2) is 0 Å². The predicted octanol–water partition coefficient (Wildman–Crippen LogP) is 3.14. The molecule has 0 unspecified atom stereocenters. The summed E-state index contributed by atoms with van der Waals surface area (Å²) in [5, 5.41) is 0. The van der Waals surface area contributed by atoms with E-state index in [2.05, 4.69) is 0 Å². The lowest BCUT2D eigenvalue weighted by molar-refractivity contribution is -0.348. The fourth-order valence-corrected chi connectivity index (χ4v) is 1.36. The van der Waals surface area contributed by atoms with Crippen LogP contribution in [0.3, 0.4) is 0 Å². The first-order chi connectivity index (χ1) is 7.91. The van der Waals surface area contributed by atoms with E-state index >= 15 is 0 Å². The Morgan fingerprint density at radius 1 is 0.778 bits per heavy atom. The lowest BCUT2D eigenvalue weighted by atomic mass is 9.92.